The lowest BCUT2D eigenvalue weighted by Gasteiger charge is -2.22. The molecule has 0 aliphatic rings. The van der Waals surface area contributed by atoms with Crippen molar-refractivity contribution < 1.29 is 4.79 Å². The zero-order chi connectivity index (χ0) is 14.5. The fourth-order valence-corrected chi connectivity index (χ4v) is 2.32. The van der Waals surface area contributed by atoms with Crippen LogP contribution in [0.1, 0.15) is 46.1 Å². The number of nitrogens with one attached hydrogen (secondary N) is 1. The second kappa shape index (κ2) is 6.38. The van der Waals surface area contributed by atoms with E-state index in [1.807, 2.05) is 6.07 Å². The largest absolute Gasteiger partial charge is 0.325 e. The maximum absolute atomic E-state index is 12.0. The molecule has 0 aliphatic heterocycles. The molecule has 0 saturated carbocycles. The first-order valence-electron chi connectivity index (χ1n) is 6.61. The summed E-state index contributed by atoms with van der Waals surface area (Å²) in [5.41, 5.74) is 1.32. The Hall–Kier alpha value is -1.82. The summed E-state index contributed by atoms with van der Waals surface area (Å²) in [6.45, 7) is 8.60. The van der Waals surface area contributed by atoms with Crippen molar-refractivity contribution >= 4 is 11.6 Å². The van der Waals surface area contributed by atoms with Crippen LogP contribution in [0.5, 0.6) is 0 Å². The van der Waals surface area contributed by atoms with Crippen molar-refractivity contribution in [1.82, 2.24) is 0 Å². The first kappa shape index (κ1) is 15.2. The Bertz CT molecular complexity index is 480. The quantitative estimate of drug-likeness (QED) is 0.888. The monoisotopic (exact) mass is 258 g/mol. The van der Waals surface area contributed by atoms with Gasteiger partial charge in [0.2, 0.25) is 5.91 Å². The fraction of sp³-hybridized carbons (Fsp3) is 0.500. The van der Waals surface area contributed by atoms with Gasteiger partial charge in [0.25, 0.3) is 0 Å². The van der Waals surface area contributed by atoms with Crippen molar-refractivity contribution in [2.24, 2.45) is 11.3 Å². The Labute approximate surface area is 115 Å². The van der Waals surface area contributed by atoms with Crippen LogP contribution in [0.3, 0.4) is 0 Å². The average Bonchev–Trinajstić information content (AvgIpc) is 2.26. The smallest absolute Gasteiger partial charge is 0.224 e. The van der Waals surface area contributed by atoms with Crippen LogP contribution in [0.2, 0.25) is 0 Å². The van der Waals surface area contributed by atoms with E-state index in [4.69, 9.17) is 5.26 Å². The van der Waals surface area contributed by atoms with Crippen molar-refractivity contribution in [2.75, 3.05) is 5.32 Å². The van der Waals surface area contributed by atoms with Gasteiger partial charge in [0.15, 0.2) is 0 Å². The predicted molar refractivity (Wildman–Crippen MR) is 77.6 cm³/mol. The number of amides is 1. The lowest BCUT2D eigenvalue weighted by Crippen LogP contribution is -2.19. The number of hydrogen-bond acceptors (Lipinski definition) is 2. The summed E-state index contributed by atoms with van der Waals surface area (Å²) in [6.07, 6.45) is 1.48. The second-order valence-electron chi connectivity index (χ2n) is 6.28. The summed E-state index contributed by atoms with van der Waals surface area (Å²) in [4.78, 5) is 12.0. The summed E-state index contributed by atoms with van der Waals surface area (Å²) < 4.78 is 0. The van der Waals surface area contributed by atoms with Gasteiger partial charge >= 0.3 is 0 Å². The number of hydrogen-bond donors (Lipinski definition) is 1. The number of anilines is 1. The third-order valence-corrected chi connectivity index (χ3v) is 2.82. The van der Waals surface area contributed by atoms with E-state index in [9.17, 15) is 4.79 Å². The molecule has 0 aliphatic carbocycles. The summed E-state index contributed by atoms with van der Waals surface area (Å²) in [6, 6.07) is 9.14. The normalized spacial score (nSPS) is 12.6. The number of nitriles is 1. The topological polar surface area (TPSA) is 52.9 Å². The third-order valence-electron chi connectivity index (χ3n) is 2.82. The zero-order valence-electron chi connectivity index (χ0n) is 12.2. The zero-order valence-corrected chi connectivity index (χ0v) is 12.2. The minimum Gasteiger partial charge on any atom is -0.325 e. The standard InChI is InChI=1S/C16H22N2O/c1-12(10-16(2,3)4)9-15(19)18-14-8-6-5-7-13(14)11-17/h5-8,12H,9-10H2,1-4H3,(H,18,19). The van der Waals surface area contributed by atoms with Crippen LogP contribution in [0.15, 0.2) is 24.3 Å². The number of rotatable bonds is 4. The van der Waals surface area contributed by atoms with Crippen LogP contribution < -0.4 is 5.32 Å². The average molecular weight is 258 g/mol. The number of benzene rings is 1. The molecular formula is C16H22N2O. The van der Waals surface area contributed by atoms with Gasteiger partial charge in [0.1, 0.15) is 6.07 Å². The van der Waals surface area contributed by atoms with E-state index in [2.05, 4.69) is 39.1 Å². The Kier molecular flexibility index (Phi) is 5.11. The highest BCUT2D eigenvalue weighted by Crippen LogP contribution is 2.26. The second-order valence-corrected chi connectivity index (χ2v) is 6.28. The summed E-state index contributed by atoms with van der Waals surface area (Å²) in [5, 5.41) is 11.8. The van der Waals surface area contributed by atoms with Crippen LogP contribution in [-0.4, -0.2) is 5.91 Å². The van der Waals surface area contributed by atoms with Gasteiger partial charge in [-0.1, -0.05) is 39.8 Å². The molecule has 19 heavy (non-hydrogen) atoms. The van der Waals surface area contributed by atoms with E-state index in [0.717, 1.165) is 6.42 Å². The molecule has 1 amide bonds. The highest BCUT2D eigenvalue weighted by Gasteiger charge is 2.18. The number of para-hydroxylation sites is 1. The van der Waals surface area contributed by atoms with Crippen molar-refractivity contribution in [1.29, 1.82) is 5.26 Å². The van der Waals surface area contributed by atoms with Crippen LogP contribution in [0.4, 0.5) is 5.69 Å². The Balaban J connectivity index is 2.59. The molecule has 0 bridgehead atoms. The lowest BCUT2D eigenvalue weighted by atomic mass is 9.84. The molecule has 1 unspecified atom stereocenters. The fourth-order valence-electron chi connectivity index (χ4n) is 2.32. The van der Waals surface area contributed by atoms with Crippen molar-refractivity contribution in [3.8, 4) is 6.07 Å². The molecule has 3 heteroatoms. The van der Waals surface area contributed by atoms with Gasteiger partial charge in [-0.25, -0.2) is 0 Å². The van der Waals surface area contributed by atoms with Crippen molar-refractivity contribution in [2.45, 2.75) is 40.5 Å². The van der Waals surface area contributed by atoms with E-state index in [0.29, 0.717) is 23.6 Å². The molecule has 0 fully saturated rings. The first-order valence-corrected chi connectivity index (χ1v) is 6.61. The summed E-state index contributed by atoms with van der Waals surface area (Å²) in [5.74, 6) is 0.300. The molecule has 0 aromatic heterocycles. The van der Waals surface area contributed by atoms with Gasteiger partial charge < -0.3 is 5.32 Å². The highest BCUT2D eigenvalue weighted by atomic mass is 16.1. The van der Waals surface area contributed by atoms with Crippen LogP contribution >= 0.6 is 0 Å². The lowest BCUT2D eigenvalue weighted by molar-refractivity contribution is -0.117. The number of carbonyl (C=O) groups excluding carboxylic acids is 1. The number of nitrogens with zero attached hydrogens (tertiary/aromatic N) is 1. The SMILES string of the molecule is CC(CC(=O)Nc1ccccc1C#N)CC(C)(C)C. The van der Waals surface area contributed by atoms with Crippen molar-refractivity contribution in [3.63, 3.8) is 0 Å². The van der Waals surface area contributed by atoms with E-state index < -0.39 is 0 Å². The first-order chi connectivity index (χ1) is 8.81. The van der Waals surface area contributed by atoms with Crippen LogP contribution in [0, 0.1) is 22.7 Å². The maximum atomic E-state index is 12.0. The summed E-state index contributed by atoms with van der Waals surface area (Å²) >= 11 is 0. The molecular weight excluding hydrogens is 236 g/mol. The van der Waals surface area contributed by atoms with Gasteiger partial charge in [-0.3, -0.25) is 4.79 Å². The molecule has 3 nitrogen and oxygen atoms in total. The Morgan fingerprint density at radius 3 is 2.58 bits per heavy atom. The van der Waals surface area contributed by atoms with E-state index in [1.54, 1.807) is 18.2 Å². The van der Waals surface area contributed by atoms with E-state index in [1.165, 1.54) is 0 Å². The van der Waals surface area contributed by atoms with Gasteiger partial charge in [-0.15, -0.1) is 0 Å². The molecule has 0 spiro atoms. The Morgan fingerprint density at radius 1 is 1.37 bits per heavy atom. The van der Waals surface area contributed by atoms with Gasteiger partial charge in [0.05, 0.1) is 11.3 Å². The Morgan fingerprint density at radius 2 is 2.00 bits per heavy atom. The minimum absolute atomic E-state index is 0.0283. The third kappa shape index (κ3) is 5.56. The van der Waals surface area contributed by atoms with Gasteiger partial charge in [-0.2, -0.15) is 5.26 Å². The predicted octanol–water partition coefficient (Wildman–Crippen LogP) is 3.96. The van der Waals surface area contributed by atoms with Crippen LogP contribution in [-0.2, 0) is 4.79 Å². The van der Waals surface area contributed by atoms with E-state index in [-0.39, 0.29) is 11.3 Å². The molecule has 1 aromatic carbocycles. The molecule has 0 heterocycles. The van der Waals surface area contributed by atoms with Crippen molar-refractivity contribution in [3.05, 3.63) is 29.8 Å². The molecule has 0 saturated heterocycles. The minimum atomic E-state index is -0.0283. The summed E-state index contributed by atoms with van der Waals surface area (Å²) in [7, 11) is 0. The highest BCUT2D eigenvalue weighted by molar-refractivity contribution is 5.92. The van der Waals surface area contributed by atoms with E-state index >= 15 is 0 Å². The molecule has 0 radical (unpaired) electrons. The molecule has 1 N–H and O–H groups in total. The van der Waals surface area contributed by atoms with Crippen LogP contribution in [0.25, 0.3) is 0 Å². The molecule has 1 atom stereocenters. The van der Waals surface area contributed by atoms with Gasteiger partial charge in [-0.05, 0) is 29.9 Å². The maximum Gasteiger partial charge on any atom is 0.224 e. The molecule has 1 rings (SSSR count). The number of carbonyl (C=O) groups is 1. The van der Waals surface area contributed by atoms with Gasteiger partial charge in [0, 0.05) is 6.42 Å². The molecule has 1 aromatic rings. The molecule has 102 valence electrons.